The van der Waals surface area contributed by atoms with Gasteiger partial charge in [-0.25, -0.2) is 0 Å². The average molecular weight is 310 g/mol. The molecule has 0 N–H and O–H groups in total. The monoisotopic (exact) mass is 310 g/mol. The Hall–Kier alpha value is -3.00. The van der Waals surface area contributed by atoms with E-state index in [1.54, 1.807) is 6.07 Å². The lowest BCUT2D eigenvalue weighted by Crippen LogP contribution is -1.94. The molecule has 0 saturated heterocycles. The summed E-state index contributed by atoms with van der Waals surface area (Å²) in [5, 5.41) is 3.22. The quantitative estimate of drug-likeness (QED) is 0.547. The van der Waals surface area contributed by atoms with E-state index in [1.165, 1.54) is 16.5 Å². The lowest BCUT2D eigenvalue weighted by Gasteiger charge is -2.09. The number of fused-ring (bicyclic) bond motifs is 2. The van der Waals surface area contributed by atoms with Crippen molar-refractivity contribution in [1.82, 2.24) is 4.98 Å². The summed E-state index contributed by atoms with van der Waals surface area (Å²) in [6, 6.07) is 22.4. The molecule has 0 atom stereocenters. The van der Waals surface area contributed by atoms with Crippen molar-refractivity contribution in [2.75, 3.05) is 0 Å². The third kappa shape index (κ3) is 2.56. The Morgan fingerprint density at radius 3 is 2.67 bits per heavy atom. The molecular formula is C22H16NO. The van der Waals surface area contributed by atoms with Crippen molar-refractivity contribution < 1.29 is 4.79 Å². The maximum Gasteiger partial charge on any atom is 0.234 e. The molecule has 0 aliphatic rings. The molecule has 1 heterocycles. The molecule has 4 rings (SSSR count). The second kappa shape index (κ2) is 5.89. The summed E-state index contributed by atoms with van der Waals surface area (Å²) in [6.07, 6.45) is 2.85. The van der Waals surface area contributed by atoms with E-state index in [9.17, 15) is 4.79 Å². The highest BCUT2D eigenvalue weighted by molar-refractivity contribution is 5.98. The Morgan fingerprint density at radius 1 is 0.917 bits per heavy atom. The molecule has 0 bridgehead atoms. The Kier molecular flexibility index (Phi) is 3.58. The maximum absolute atomic E-state index is 11.0. The van der Waals surface area contributed by atoms with Crippen LogP contribution in [0.3, 0.4) is 0 Å². The molecule has 0 unspecified atom stereocenters. The Balaban J connectivity index is 1.81. The van der Waals surface area contributed by atoms with Crippen molar-refractivity contribution >= 4 is 28.0 Å². The van der Waals surface area contributed by atoms with Crippen LogP contribution in [0.4, 0.5) is 0 Å². The normalized spacial score (nSPS) is 11.0. The first-order chi connectivity index (χ1) is 11.7. The Morgan fingerprint density at radius 2 is 1.79 bits per heavy atom. The summed E-state index contributed by atoms with van der Waals surface area (Å²) in [7, 11) is 0. The molecule has 4 aromatic rings. The molecule has 0 fully saturated rings. The van der Waals surface area contributed by atoms with Crippen molar-refractivity contribution in [3.05, 3.63) is 89.1 Å². The van der Waals surface area contributed by atoms with E-state index in [4.69, 9.17) is 0 Å². The van der Waals surface area contributed by atoms with Gasteiger partial charge in [-0.05, 0) is 47.4 Å². The van der Waals surface area contributed by atoms with Gasteiger partial charge in [0.2, 0.25) is 6.29 Å². The molecule has 0 aliphatic heterocycles. The van der Waals surface area contributed by atoms with Gasteiger partial charge in [-0.1, -0.05) is 54.6 Å². The van der Waals surface area contributed by atoms with Gasteiger partial charge in [-0.3, -0.25) is 9.78 Å². The van der Waals surface area contributed by atoms with Gasteiger partial charge in [0.25, 0.3) is 0 Å². The van der Waals surface area contributed by atoms with E-state index < -0.39 is 0 Å². The predicted molar refractivity (Wildman–Crippen MR) is 98.0 cm³/mol. The fourth-order valence-corrected chi connectivity index (χ4v) is 3.29. The van der Waals surface area contributed by atoms with E-state index in [0.717, 1.165) is 28.4 Å². The topological polar surface area (TPSA) is 30.0 Å². The number of aromatic nitrogens is 1. The molecule has 0 amide bonds. The highest BCUT2D eigenvalue weighted by Gasteiger charge is 2.07. The first-order valence-corrected chi connectivity index (χ1v) is 8.00. The van der Waals surface area contributed by atoms with Crippen molar-refractivity contribution in [3.8, 4) is 0 Å². The van der Waals surface area contributed by atoms with Crippen LogP contribution in [0.5, 0.6) is 0 Å². The fourth-order valence-electron chi connectivity index (χ4n) is 3.29. The molecule has 24 heavy (non-hydrogen) atoms. The number of hydrogen-bond acceptors (Lipinski definition) is 2. The van der Waals surface area contributed by atoms with Gasteiger partial charge in [-0.2, -0.15) is 0 Å². The van der Waals surface area contributed by atoms with E-state index in [1.807, 2.05) is 37.5 Å². The van der Waals surface area contributed by atoms with Gasteiger partial charge in [0, 0.05) is 16.6 Å². The smallest absolute Gasteiger partial charge is 0.234 e. The van der Waals surface area contributed by atoms with Crippen molar-refractivity contribution in [2.24, 2.45) is 0 Å². The zero-order valence-electron chi connectivity index (χ0n) is 13.4. The zero-order valence-corrected chi connectivity index (χ0v) is 13.4. The maximum atomic E-state index is 11.0. The number of aryl methyl sites for hydroxylation is 1. The molecular weight excluding hydrogens is 294 g/mol. The van der Waals surface area contributed by atoms with Crippen LogP contribution in [0.1, 0.15) is 22.4 Å². The summed E-state index contributed by atoms with van der Waals surface area (Å²) in [4.78, 5) is 15.7. The summed E-state index contributed by atoms with van der Waals surface area (Å²) < 4.78 is 0. The number of pyridine rings is 1. The van der Waals surface area contributed by atoms with Crippen LogP contribution >= 0.6 is 0 Å². The summed E-state index contributed by atoms with van der Waals surface area (Å²) in [5.74, 6) is 0. The molecule has 2 nitrogen and oxygen atoms in total. The minimum atomic E-state index is 0.615. The van der Waals surface area contributed by atoms with E-state index in [-0.39, 0.29) is 0 Å². The summed E-state index contributed by atoms with van der Waals surface area (Å²) in [5.41, 5.74) is 5.18. The average Bonchev–Trinajstić information content (AvgIpc) is 2.61. The van der Waals surface area contributed by atoms with Gasteiger partial charge in [0.05, 0.1) is 5.52 Å². The molecule has 0 aliphatic carbocycles. The lowest BCUT2D eigenvalue weighted by atomic mass is 9.97. The van der Waals surface area contributed by atoms with Gasteiger partial charge >= 0.3 is 0 Å². The van der Waals surface area contributed by atoms with Gasteiger partial charge in [-0.15, -0.1) is 0 Å². The second-order valence-electron chi connectivity index (χ2n) is 6.08. The fraction of sp³-hybridized carbons (Fsp3) is 0.0909. The molecule has 2 heteroatoms. The number of para-hydroxylation sites is 1. The molecule has 1 aromatic heterocycles. The van der Waals surface area contributed by atoms with E-state index in [0.29, 0.717) is 5.56 Å². The number of rotatable bonds is 3. The highest BCUT2D eigenvalue weighted by Crippen LogP contribution is 2.24. The number of hydrogen-bond donors (Lipinski definition) is 0. The number of benzene rings is 3. The van der Waals surface area contributed by atoms with Gasteiger partial charge < -0.3 is 0 Å². The molecule has 0 spiro atoms. The minimum Gasteiger partial charge on any atom is -0.285 e. The first-order valence-electron chi connectivity index (χ1n) is 8.00. The lowest BCUT2D eigenvalue weighted by molar-refractivity contribution is 0.563. The van der Waals surface area contributed by atoms with Crippen molar-refractivity contribution in [2.45, 2.75) is 13.3 Å². The summed E-state index contributed by atoms with van der Waals surface area (Å²) in [6.45, 7) is 2.03. The van der Waals surface area contributed by atoms with Crippen molar-refractivity contribution in [1.29, 1.82) is 0 Å². The molecule has 0 saturated carbocycles. The van der Waals surface area contributed by atoms with Crippen LogP contribution in [-0.4, -0.2) is 11.3 Å². The number of nitrogens with zero attached hydrogens (tertiary/aromatic N) is 1. The molecule has 3 aromatic carbocycles. The van der Waals surface area contributed by atoms with Gasteiger partial charge in [0.15, 0.2) is 0 Å². The van der Waals surface area contributed by atoms with Crippen LogP contribution in [-0.2, 0) is 11.2 Å². The van der Waals surface area contributed by atoms with Crippen LogP contribution < -0.4 is 0 Å². The number of carbonyl (C=O) groups excluding carboxylic acids is 1. The van der Waals surface area contributed by atoms with Crippen LogP contribution in [0, 0.1) is 6.92 Å². The minimum absolute atomic E-state index is 0.615. The molecule has 115 valence electrons. The third-order valence-corrected chi connectivity index (χ3v) is 4.38. The largest absolute Gasteiger partial charge is 0.285 e. The van der Waals surface area contributed by atoms with E-state index in [2.05, 4.69) is 41.4 Å². The highest BCUT2D eigenvalue weighted by atomic mass is 16.1. The first kappa shape index (κ1) is 14.6. The van der Waals surface area contributed by atoms with Crippen LogP contribution in [0.15, 0.2) is 66.7 Å². The zero-order chi connectivity index (χ0) is 16.5. The van der Waals surface area contributed by atoms with Crippen LogP contribution in [0.2, 0.25) is 0 Å². The Bertz CT molecular complexity index is 1070. The van der Waals surface area contributed by atoms with Crippen LogP contribution in [0.25, 0.3) is 21.7 Å². The molecule has 1 radical (unpaired) electrons. The Labute approximate surface area is 140 Å². The standard InChI is InChI=1S/C22H16NO/c1-15-11-19(21-7-2-3-8-22(21)23-15)13-16-9-10-20-17(12-16)5-4-6-18(20)14-24/h2-12H,13H2,1H3. The SMILES string of the molecule is Cc1cc(Cc2ccc3c([C]=O)cccc3c2)c2ccccc2n1. The third-order valence-electron chi connectivity index (χ3n) is 4.38. The second-order valence-corrected chi connectivity index (χ2v) is 6.08. The summed E-state index contributed by atoms with van der Waals surface area (Å²) >= 11 is 0. The van der Waals surface area contributed by atoms with E-state index >= 15 is 0 Å². The predicted octanol–water partition coefficient (Wildman–Crippen LogP) is 4.75. The van der Waals surface area contributed by atoms with Crippen molar-refractivity contribution in [3.63, 3.8) is 0 Å². The van der Waals surface area contributed by atoms with Gasteiger partial charge in [0.1, 0.15) is 0 Å².